The molecule has 1 amide bonds. The van der Waals surface area contributed by atoms with Gasteiger partial charge in [-0.05, 0) is 48.9 Å². The minimum absolute atomic E-state index is 0.00440. The Morgan fingerprint density at radius 3 is 2.15 bits per heavy atom. The summed E-state index contributed by atoms with van der Waals surface area (Å²) < 4.78 is 0. The van der Waals surface area contributed by atoms with Gasteiger partial charge in [-0.1, -0.05) is 12.1 Å². The predicted molar refractivity (Wildman–Crippen MR) is 79.6 cm³/mol. The fourth-order valence-electron chi connectivity index (χ4n) is 1.81. The van der Waals surface area contributed by atoms with Crippen LogP contribution in [0.4, 0.5) is 11.4 Å². The molecule has 2 aromatic carbocycles. The molecule has 0 heterocycles. The van der Waals surface area contributed by atoms with Crippen molar-refractivity contribution in [2.24, 2.45) is 0 Å². The Bertz CT molecular complexity index is 616. The molecule has 3 N–H and O–H groups in total. The topological polar surface area (TPSA) is 72.2 Å². The van der Waals surface area contributed by atoms with Gasteiger partial charge in [0.05, 0.1) is 6.42 Å². The van der Waals surface area contributed by atoms with Crippen molar-refractivity contribution in [3.8, 4) is 0 Å². The molecule has 0 saturated heterocycles. The second kappa shape index (κ2) is 6.02. The van der Waals surface area contributed by atoms with Crippen LogP contribution in [0.25, 0.3) is 0 Å². The van der Waals surface area contributed by atoms with Gasteiger partial charge in [0.25, 0.3) is 0 Å². The highest BCUT2D eigenvalue weighted by atomic mass is 16.1. The molecule has 20 heavy (non-hydrogen) atoms. The summed E-state index contributed by atoms with van der Waals surface area (Å²) in [6.45, 7) is 1.51. The van der Waals surface area contributed by atoms with E-state index < -0.39 is 0 Å². The minimum Gasteiger partial charge on any atom is -0.399 e. The number of hydrogen-bond acceptors (Lipinski definition) is 3. The number of carbonyl (C=O) groups excluding carboxylic acids is 2. The van der Waals surface area contributed by atoms with Crippen LogP contribution in [0, 0.1) is 0 Å². The Kier molecular flexibility index (Phi) is 4.15. The number of amides is 1. The molecular formula is C16H16N2O2. The molecule has 0 aromatic heterocycles. The van der Waals surface area contributed by atoms with Crippen LogP contribution in [0.3, 0.4) is 0 Å². The van der Waals surface area contributed by atoms with E-state index in [9.17, 15) is 9.59 Å². The van der Waals surface area contributed by atoms with E-state index in [1.54, 1.807) is 36.4 Å². The van der Waals surface area contributed by atoms with Gasteiger partial charge < -0.3 is 11.1 Å². The lowest BCUT2D eigenvalue weighted by Gasteiger charge is -2.06. The number of carbonyl (C=O) groups is 2. The van der Waals surface area contributed by atoms with E-state index in [1.807, 2.05) is 12.1 Å². The molecule has 0 aliphatic rings. The molecule has 2 rings (SSSR count). The van der Waals surface area contributed by atoms with Gasteiger partial charge >= 0.3 is 0 Å². The second-order valence-corrected chi connectivity index (χ2v) is 4.60. The SMILES string of the molecule is CC(=O)c1ccc(NC(=O)Cc2ccc(N)cc2)cc1. The molecule has 0 radical (unpaired) electrons. The molecule has 0 saturated carbocycles. The molecule has 0 bridgehead atoms. The van der Waals surface area contributed by atoms with Crippen LogP contribution in [-0.4, -0.2) is 11.7 Å². The number of nitrogen functional groups attached to an aromatic ring is 1. The van der Waals surface area contributed by atoms with Crippen molar-refractivity contribution < 1.29 is 9.59 Å². The van der Waals surface area contributed by atoms with E-state index >= 15 is 0 Å². The third-order valence-electron chi connectivity index (χ3n) is 2.92. The van der Waals surface area contributed by atoms with Gasteiger partial charge in [0, 0.05) is 16.9 Å². The van der Waals surface area contributed by atoms with Gasteiger partial charge in [-0.2, -0.15) is 0 Å². The Hall–Kier alpha value is -2.62. The number of hydrogen-bond donors (Lipinski definition) is 2. The first-order valence-corrected chi connectivity index (χ1v) is 6.30. The van der Waals surface area contributed by atoms with E-state index in [-0.39, 0.29) is 18.1 Å². The molecule has 102 valence electrons. The van der Waals surface area contributed by atoms with Crippen LogP contribution in [0.1, 0.15) is 22.8 Å². The Balaban J connectivity index is 1.97. The van der Waals surface area contributed by atoms with Crippen molar-refractivity contribution in [3.63, 3.8) is 0 Å². The number of nitrogens with two attached hydrogens (primary N) is 1. The van der Waals surface area contributed by atoms with Crippen LogP contribution in [0.15, 0.2) is 48.5 Å². The maximum absolute atomic E-state index is 11.9. The zero-order chi connectivity index (χ0) is 14.5. The van der Waals surface area contributed by atoms with E-state index in [2.05, 4.69) is 5.32 Å². The molecule has 0 aliphatic heterocycles. The van der Waals surface area contributed by atoms with E-state index in [0.29, 0.717) is 16.9 Å². The highest BCUT2D eigenvalue weighted by molar-refractivity contribution is 5.96. The summed E-state index contributed by atoms with van der Waals surface area (Å²) in [5, 5.41) is 2.79. The minimum atomic E-state index is -0.106. The molecule has 0 spiro atoms. The number of anilines is 2. The van der Waals surface area contributed by atoms with Gasteiger partial charge in [0.2, 0.25) is 5.91 Å². The molecule has 0 unspecified atom stereocenters. The molecule has 0 fully saturated rings. The summed E-state index contributed by atoms with van der Waals surface area (Å²) in [7, 11) is 0. The average Bonchev–Trinajstić information content (AvgIpc) is 2.42. The first kappa shape index (κ1) is 13.8. The maximum atomic E-state index is 11.9. The summed E-state index contributed by atoms with van der Waals surface area (Å²) in [6.07, 6.45) is 0.286. The predicted octanol–water partition coefficient (Wildman–Crippen LogP) is 2.65. The maximum Gasteiger partial charge on any atom is 0.228 e. The summed E-state index contributed by atoms with van der Waals surface area (Å²) in [5.41, 5.74) is 8.47. The molecule has 4 heteroatoms. The molecule has 2 aromatic rings. The van der Waals surface area contributed by atoms with Gasteiger partial charge in [0.15, 0.2) is 5.78 Å². The fraction of sp³-hybridized carbons (Fsp3) is 0.125. The quantitative estimate of drug-likeness (QED) is 0.661. The molecule has 4 nitrogen and oxygen atoms in total. The second-order valence-electron chi connectivity index (χ2n) is 4.60. The number of Topliss-reactive ketones (excluding diaryl/α,β-unsaturated/α-hetero) is 1. The summed E-state index contributed by atoms with van der Waals surface area (Å²) in [6, 6.07) is 14.0. The summed E-state index contributed by atoms with van der Waals surface area (Å²) in [5.74, 6) is -0.102. The highest BCUT2D eigenvalue weighted by Gasteiger charge is 2.05. The van der Waals surface area contributed by atoms with Crippen molar-refractivity contribution in [2.75, 3.05) is 11.1 Å². The van der Waals surface area contributed by atoms with E-state index in [1.165, 1.54) is 6.92 Å². The van der Waals surface area contributed by atoms with Crippen molar-refractivity contribution in [2.45, 2.75) is 13.3 Å². The van der Waals surface area contributed by atoms with Gasteiger partial charge in [-0.3, -0.25) is 9.59 Å². The van der Waals surface area contributed by atoms with E-state index in [4.69, 9.17) is 5.73 Å². The summed E-state index contributed by atoms with van der Waals surface area (Å²) in [4.78, 5) is 23.0. The van der Waals surface area contributed by atoms with Crippen LogP contribution in [0.5, 0.6) is 0 Å². The van der Waals surface area contributed by atoms with Crippen molar-refractivity contribution >= 4 is 23.1 Å². The number of benzene rings is 2. The molecule has 0 atom stereocenters. The van der Waals surface area contributed by atoms with Crippen LogP contribution < -0.4 is 11.1 Å². The lowest BCUT2D eigenvalue weighted by Crippen LogP contribution is -2.14. The van der Waals surface area contributed by atoms with Crippen LogP contribution in [0.2, 0.25) is 0 Å². The first-order valence-electron chi connectivity index (χ1n) is 6.30. The zero-order valence-electron chi connectivity index (χ0n) is 11.2. The highest BCUT2D eigenvalue weighted by Crippen LogP contribution is 2.11. The van der Waals surface area contributed by atoms with Gasteiger partial charge in [-0.15, -0.1) is 0 Å². The lowest BCUT2D eigenvalue weighted by molar-refractivity contribution is -0.115. The number of ketones is 1. The normalized spacial score (nSPS) is 10.1. The van der Waals surface area contributed by atoms with Crippen molar-refractivity contribution in [3.05, 3.63) is 59.7 Å². The average molecular weight is 268 g/mol. The molecular weight excluding hydrogens is 252 g/mol. The van der Waals surface area contributed by atoms with Gasteiger partial charge in [-0.25, -0.2) is 0 Å². The van der Waals surface area contributed by atoms with Crippen LogP contribution >= 0.6 is 0 Å². The number of nitrogens with one attached hydrogen (secondary N) is 1. The van der Waals surface area contributed by atoms with E-state index in [0.717, 1.165) is 5.56 Å². The Labute approximate surface area is 117 Å². The Morgan fingerprint density at radius 2 is 1.60 bits per heavy atom. The zero-order valence-corrected chi connectivity index (χ0v) is 11.2. The Morgan fingerprint density at radius 1 is 1.00 bits per heavy atom. The van der Waals surface area contributed by atoms with Crippen LogP contribution in [-0.2, 0) is 11.2 Å². The summed E-state index contributed by atoms with van der Waals surface area (Å²) >= 11 is 0. The third kappa shape index (κ3) is 3.68. The number of rotatable bonds is 4. The van der Waals surface area contributed by atoms with Gasteiger partial charge in [0.1, 0.15) is 0 Å². The largest absolute Gasteiger partial charge is 0.399 e. The molecule has 0 aliphatic carbocycles. The van der Waals surface area contributed by atoms with Crippen molar-refractivity contribution in [1.29, 1.82) is 0 Å². The smallest absolute Gasteiger partial charge is 0.228 e. The third-order valence-corrected chi connectivity index (χ3v) is 2.92. The fourth-order valence-corrected chi connectivity index (χ4v) is 1.81. The monoisotopic (exact) mass is 268 g/mol. The van der Waals surface area contributed by atoms with Crippen molar-refractivity contribution in [1.82, 2.24) is 0 Å². The standard InChI is InChI=1S/C16H16N2O2/c1-11(19)13-4-8-15(9-5-13)18-16(20)10-12-2-6-14(17)7-3-12/h2-9H,10,17H2,1H3,(H,18,20). The lowest BCUT2D eigenvalue weighted by atomic mass is 10.1. The first-order chi connectivity index (χ1) is 9.54.